The van der Waals surface area contributed by atoms with Crippen LogP contribution in [-0.4, -0.2) is 12.3 Å². The molecule has 1 aliphatic rings. The molecule has 0 aliphatic heterocycles. The van der Waals surface area contributed by atoms with Crippen molar-refractivity contribution in [1.82, 2.24) is 5.32 Å². The smallest absolute Gasteiger partial charge is 0.158 e. The summed E-state index contributed by atoms with van der Waals surface area (Å²) in [5.41, 5.74) is 3.62. The van der Waals surface area contributed by atoms with Crippen molar-refractivity contribution in [3.8, 4) is 0 Å². The van der Waals surface area contributed by atoms with Crippen LogP contribution in [0, 0.1) is 6.92 Å². The predicted molar refractivity (Wildman–Crippen MR) is 69.9 cm³/mol. The second-order valence-electron chi connectivity index (χ2n) is 4.69. The monoisotopic (exact) mass is 229 g/mol. The molecule has 1 atom stereocenters. The van der Waals surface area contributed by atoms with Gasteiger partial charge in [-0.05, 0) is 31.7 Å². The summed E-state index contributed by atoms with van der Waals surface area (Å²) in [7, 11) is 0. The van der Waals surface area contributed by atoms with Crippen LogP contribution in [0.1, 0.15) is 36.8 Å². The maximum absolute atomic E-state index is 11.7. The van der Waals surface area contributed by atoms with Crippen molar-refractivity contribution in [1.29, 1.82) is 0 Å². The van der Waals surface area contributed by atoms with Gasteiger partial charge in [0.15, 0.2) is 5.78 Å². The van der Waals surface area contributed by atoms with Crippen molar-refractivity contribution in [3.05, 3.63) is 47.2 Å². The summed E-state index contributed by atoms with van der Waals surface area (Å²) in [6.07, 6.45) is 3.34. The predicted octanol–water partition coefficient (Wildman–Crippen LogP) is 2.93. The molecule has 1 aliphatic carbocycles. The minimum atomic E-state index is 0.235. The Morgan fingerprint density at radius 1 is 1.35 bits per heavy atom. The first-order valence-electron chi connectivity index (χ1n) is 6.23. The maximum atomic E-state index is 11.7. The lowest BCUT2D eigenvalue weighted by Crippen LogP contribution is -2.21. The molecule has 0 heterocycles. The Hall–Kier alpha value is -1.57. The third-order valence-corrected chi connectivity index (χ3v) is 3.17. The van der Waals surface area contributed by atoms with E-state index in [1.165, 1.54) is 11.1 Å². The van der Waals surface area contributed by atoms with Crippen molar-refractivity contribution in [2.24, 2.45) is 0 Å². The molecule has 1 aromatic carbocycles. The summed E-state index contributed by atoms with van der Waals surface area (Å²) >= 11 is 0. The van der Waals surface area contributed by atoms with Crippen LogP contribution in [0.5, 0.6) is 0 Å². The standard InChI is InChI=1S/C15H19NO/c1-3-16-14-8-13(9-15(17)10-14)12-6-4-5-11(2)7-12/h4-7,10,13,16H,3,8-9H2,1-2H3/t13-/m0/s1. The van der Waals surface area contributed by atoms with Crippen molar-refractivity contribution < 1.29 is 4.79 Å². The van der Waals surface area contributed by atoms with E-state index in [4.69, 9.17) is 0 Å². The van der Waals surface area contributed by atoms with E-state index in [1.807, 2.05) is 0 Å². The fraction of sp³-hybridized carbons (Fsp3) is 0.400. The molecule has 0 saturated carbocycles. The van der Waals surface area contributed by atoms with E-state index in [-0.39, 0.29) is 5.78 Å². The first kappa shape index (κ1) is 11.9. The molecule has 0 amide bonds. The fourth-order valence-corrected chi connectivity index (χ4v) is 2.40. The molecule has 0 unspecified atom stereocenters. The Kier molecular flexibility index (Phi) is 3.62. The number of allylic oxidation sites excluding steroid dienone is 2. The molecule has 0 aromatic heterocycles. The van der Waals surface area contributed by atoms with Crippen LogP contribution in [-0.2, 0) is 4.79 Å². The minimum Gasteiger partial charge on any atom is -0.389 e. The lowest BCUT2D eigenvalue weighted by atomic mass is 9.85. The summed E-state index contributed by atoms with van der Waals surface area (Å²) in [4.78, 5) is 11.7. The lowest BCUT2D eigenvalue weighted by Gasteiger charge is -2.23. The van der Waals surface area contributed by atoms with E-state index in [1.54, 1.807) is 6.08 Å². The van der Waals surface area contributed by atoms with Gasteiger partial charge in [0.05, 0.1) is 0 Å². The Morgan fingerprint density at radius 3 is 2.88 bits per heavy atom. The highest BCUT2D eigenvalue weighted by Gasteiger charge is 2.21. The average Bonchev–Trinajstić information content (AvgIpc) is 2.28. The SMILES string of the molecule is CCNC1=CC(=O)C[C@@H](c2cccc(C)c2)C1. The van der Waals surface area contributed by atoms with Gasteiger partial charge in [0, 0.05) is 24.7 Å². The van der Waals surface area contributed by atoms with Gasteiger partial charge in [0.25, 0.3) is 0 Å². The van der Waals surface area contributed by atoms with Crippen LogP contribution in [0.4, 0.5) is 0 Å². The van der Waals surface area contributed by atoms with Crippen molar-refractivity contribution in [2.45, 2.75) is 32.6 Å². The molecule has 2 rings (SSSR count). The number of carbonyl (C=O) groups excluding carboxylic acids is 1. The highest BCUT2D eigenvalue weighted by Crippen LogP contribution is 2.30. The Morgan fingerprint density at radius 2 is 2.18 bits per heavy atom. The zero-order chi connectivity index (χ0) is 12.3. The molecule has 90 valence electrons. The van der Waals surface area contributed by atoms with Crippen LogP contribution >= 0.6 is 0 Å². The normalized spacial score (nSPS) is 20.0. The van der Waals surface area contributed by atoms with E-state index < -0.39 is 0 Å². The van der Waals surface area contributed by atoms with Crippen LogP contribution in [0.2, 0.25) is 0 Å². The number of ketones is 1. The molecular formula is C15H19NO. The van der Waals surface area contributed by atoms with Crippen LogP contribution in [0.25, 0.3) is 0 Å². The average molecular weight is 229 g/mol. The molecule has 2 nitrogen and oxygen atoms in total. The van der Waals surface area contributed by atoms with Crippen molar-refractivity contribution >= 4 is 5.78 Å². The number of carbonyl (C=O) groups is 1. The maximum Gasteiger partial charge on any atom is 0.158 e. The molecule has 1 aromatic rings. The number of hydrogen-bond acceptors (Lipinski definition) is 2. The summed E-state index contributed by atoms with van der Waals surface area (Å²) in [5.74, 6) is 0.570. The van der Waals surface area contributed by atoms with Crippen LogP contribution in [0.3, 0.4) is 0 Å². The molecule has 0 radical (unpaired) electrons. The van der Waals surface area contributed by atoms with E-state index in [0.717, 1.165) is 18.7 Å². The summed E-state index contributed by atoms with van der Waals surface area (Å²) in [6, 6.07) is 8.47. The van der Waals surface area contributed by atoms with Gasteiger partial charge in [-0.15, -0.1) is 0 Å². The number of hydrogen-bond donors (Lipinski definition) is 1. The van der Waals surface area contributed by atoms with Gasteiger partial charge in [-0.1, -0.05) is 29.8 Å². The van der Waals surface area contributed by atoms with Gasteiger partial charge in [-0.3, -0.25) is 4.79 Å². The van der Waals surface area contributed by atoms with Gasteiger partial charge in [-0.25, -0.2) is 0 Å². The molecule has 0 spiro atoms. The molecule has 0 saturated heterocycles. The highest BCUT2D eigenvalue weighted by atomic mass is 16.1. The van der Waals surface area contributed by atoms with Gasteiger partial charge >= 0.3 is 0 Å². The van der Waals surface area contributed by atoms with E-state index in [2.05, 4.69) is 43.4 Å². The zero-order valence-corrected chi connectivity index (χ0v) is 10.5. The topological polar surface area (TPSA) is 29.1 Å². The quantitative estimate of drug-likeness (QED) is 0.863. The summed E-state index contributed by atoms with van der Waals surface area (Å²) < 4.78 is 0. The largest absolute Gasteiger partial charge is 0.389 e. The molecule has 0 fully saturated rings. The highest BCUT2D eigenvalue weighted by molar-refractivity contribution is 5.91. The zero-order valence-electron chi connectivity index (χ0n) is 10.5. The van der Waals surface area contributed by atoms with E-state index in [0.29, 0.717) is 12.3 Å². The Balaban J connectivity index is 2.18. The Bertz CT molecular complexity index is 448. The molecule has 1 N–H and O–H groups in total. The second-order valence-corrected chi connectivity index (χ2v) is 4.69. The Labute approximate surface area is 103 Å². The molecular weight excluding hydrogens is 210 g/mol. The number of benzene rings is 1. The molecule has 0 bridgehead atoms. The number of rotatable bonds is 3. The van der Waals surface area contributed by atoms with Crippen LogP contribution in [0.15, 0.2) is 36.0 Å². The summed E-state index contributed by atoms with van der Waals surface area (Å²) in [5, 5.41) is 3.27. The van der Waals surface area contributed by atoms with E-state index in [9.17, 15) is 4.79 Å². The third-order valence-electron chi connectivity index (χ3n) is 3.17. The molecule has 2 heteroatoms. The molecule has 17 heavy (non-hydrogen) atoms. The number of nitrogens with one attached hydrogen (secondary N) is 1. The van der Waals surface area contributed by atoms with Gasteiger partial charge in [0.1, 0.15) is 0 Å². The van der Waals surface area contributed by atoms with Crippen molar-refractivity contribution in [2.75, 3.05) is 6.54 Å². The second kappa shape index (κ2) is 5.17. The lowest BCUT2D eigenvalue weighted by molar-refractivity contribution is -0.115. The van der Waals surface area contributed by atoms with Gasteiger partial charge < -0.3 is 5.32 Å². The van der Waals surface area contributed by atoms with E-state index >= 15 is 0 Å². The van der Waals surface area contributed by atoms with Crippen molar-refractivity contribution in [3.63, 3.8) is 0 Å². The fourth-order valence-electron chi connectivity index (χ4n) is 2.40. The third kappa shape index (κ3) is 2.96. The first-order valence-corrected chi connectivity index (χ1v) is 6.23. The summed E-state index contributed by atoms with van der Waals surface area (Å²) in [6.45, 7) is 5.02. The minimum absolute atomic E-state index is 0.235. The first-order chi connectivity index (χ1) is 8.19. The number of aryl methyl sites for hydroxylation is 1. The van der Waals surface area contributed by atoms with Crippen LogP contribution < -0.4 is 5.32 Å². The van der Waals surface area contributed by atoms with Gasteiger partial charge in [-0.2, -0.15) is 0 Å². The van der Waals surface area contributed by atoms with Gasteiger partial charge in [0.2, 0.25) is 0 Å².